The van der Waals surface area contributed by atoms with E-state index >= 15 is 0 Å². The molecule has 92 valence electrons. The van der Waals surface area contributed by atoms with Crippen molar-refractivity contribution in [3.63, 3.8) is 0 Å². The zero-order valence-electron chi connectivity index (χ0n) is 9.89. The molecule has 0 radical (unpaired) electrons. The van der Waals surface area contributed by atoms with Crippen LogP contribution >= 0.6 is 11.6 Å². The number of benzene rings is 1. The molecule has 1 aromatic heterocycles. The van der Waals surface area contributed by atoms with Crippen LogP contribution in [0.2, 0.25) is 5.15 Å². The minimum atomic E-state index is 0.0179. The van der Waals surface area contributed by atoms with Crippen LogP contribution in [0.1, 0.15) is 15.9 Å². The van der Waals surface area contributed by atoms with Gasteiger partial charge in [0.25, 0.3) is 0 Å². The molecule has 1 heterocycles. The predicted octanol–water partition coefficient (Wildman–Crippen LogP) is 3.17. The van der Waals surface area contributed by atoms with Gasteiger partial charge in [-0.3, -0.25) is 4.79 Å². The van der Waals surface area contributed by atoms with E-state index in [1.54, 1.807) is 19.2 Å². The van der Waals surface area contributed by atoms with E-state index in [0.29, 0.717) is 17.1 Å². The van der Waals surface area contributed by atoms with Crippen LogP contribution in [0.3, 0.4) is 0 Å². The summed E-state index contributed by atoms with van der Waals surface area (Å²) in [5, 5.41) is 0.385. The zero-order valence-corrected chi connectivity index (χ0v) is 10.6. The van der Waals surface area contributed by atoms with Gasteiger partial charge in [0.15, 0.2) is 5.78 Å². The van der Waals surface area contributed by atoms with Crippen LogP contribution < -0.4 is 4.74 Å². The first kappa shape index (κ1) is 12.6. The molecule has 0 unspecified atom stereocenters. The largest absolute Gasteiger partial charge is 0.497 e. The quantitative estimate of drug-likeness (QED) is 0.627. The number of methoxy groups -OCH3 is 1. The van der Waals surface area contributed by atoms with Gasteiger partial charge < -0.3 is 4.74 Å². The number of carbonyl (C=O) groups excluding carboxylic acids is 1. The monoisotopic (exact) mass is 261 g/mol. The van der Waals surface area contributed by atoms with Gasteiger partial charge in [0, 0.05) is 18.2 Å². The fraction of sp³-hybridized carbons (Fsp3) is 0.143. The molecule has 0 aliphatic rings. The highest BCUT2D eigenvalue weighted by molar-refractivity contribution is 6.29. The third-order valence-corrected chi connectivity index (χ3v) is 2.80. The molecule has 0 saturated heterocycles. The number of pyridine rings is 1. The highest BCUT2D eigenvalue weighted by Crippen LogP contribution is 2.14. The van der Waals surface area contributed by atoms with Crippen LogP contribution in [0.25, 0.3) is 0 Å². The fourth-order valence-corrected chi connectivity index (χ4v) is 1.68. The second-order valence-corrected chi connectivity index (χ2v) is 4.20. The Kier molecular flexibility index (Phi) is 3.95. The number of ether oxygens (including phenoxy) is 1. The molecule has 0 aliphatic carbocycles. The van der Waals surface area contributed by atoms with Gasteiger partial charge in [-0.15, -0.1) is 0 Å². The van der Waals surface area contributed by atoms with Gasteiger partial charge in [-0.05, 0) is 29.8 Å². The molecule has 0 bridgehead atoms. The number of ketones is 1. The molecule has 0 N–H and O–H groups in total. The topological polar surface area (TPSA) is 39.2 Å². The summed E-state index contributed by atoms with van der Waals surface area (Å²) in [5.41, 5.74) is 1.51. The van der Waals surface area contributed by atoms with Crippen LogP contribution in [-0.4, -0.2) is 17.9 Å². The van der Waals surface area contributed by atoms with E-state index < -0.39 is 0 Å². The Morgan fingerprint density at radius 2 is 1.94 bits per heavy atom. The SMILES string of the molecule is COc1ccc(CC(=O)c2ccc(Cl)nc2)cc1. The van der Waals surface area contributed by atoms with Crippen molar-refractivity contribution >= 4 is 17.4 Å². The van der Waals surface area contributed by atoms with Crippen molar-refractivity contribution in [2.24, 2.45) is 0 Å². The molecule has 0 saturated carbocycles. The van der Waals surface area contributed by atoms with Gasteiger partial charge in [-0.2, -0.15) is 0 Å². The Balaban J connectivity index is 2.08. The average molecular weight is 262 g/mol. The minimum Gasteiger partial charge on any atom is -0.497 e. The van der Waals surface area contributed by atoms with Gasteiger partial charge in [0.2, 0.25) is 0 Å². The van der Waals surface area contributed by atoms with E-state index in [9.17, 15) is 4.79 Å². The second-order valence-electron chi connectivity index (χ2n) is 3.82. The molecule has 18 heavy (non-hydrogen) atoms. The first-order valence-corrected chi connectivity index (χ1v) is 5.84. The van der Waals surface area contributed by atoms with Crippen LogP contribution in [0.4, 0.5) is 0 Å². The van der Waals surface area contributed by atoms with Crippen LogP contribution in [0, 0.1) is 0 Å². The zero-order chi connectivity index (χ0) is 13.0. The number of Topliss-reactive ketones (excluding diaryl/α,β-unsaturated/α-hetero) is 1. The highest BCUT2D eigenvalue weighted by Gasteiger charge is 2.07. The lowest BCUT2D eigenvalue weighted by atomic mass is 10.0. The molecule has 0 amide bonds. The van der Waals surface area contributed by atoms with Gasteiger partial charge in [0.1, 0.15) is 10.9 Å². The molecule has 0 fully saturated rings. The molecular formula is C14H12ClNO2. The third-order valence-electron chi connectivity index (χ3n) is 2.57. The molecule has 2 aromatic rings. The summed E-state index contributed by atoms with van der Waals surface area (Å²) < 4.78 is 5.06. The summed E-state index contributed by atoms with van der Waals surface area (Å²) in [7, 11) is 1.61. The van der Waals surface area contributed by atoms with E-state index in [1.807, 2.05) is 24.3 Å². The third kappa shape index (κ3) is 3.08. The van der Waals surface area contributed by atoms with Gasteiger partial charge in [-0.1, -0.05) is 23.7 Å². The first-order chi connectivity index (χ1) is 8.69. The highest BCUT2D eigenvalue weighted by atomic mass is 35.5. The van der Waals surface area contributed by atoms with Crippen molar-refractivity contribution in [3.05, 3.63) is 58.9 Å². The summed E-state index contributed by atoms with van der Waals surface area (Å²) in [5.74, 6) is 0.795. The van der Waals surface area contributed by atoms with E-state index in [1.165, 1.54) is 6.20 Å². The van der Waals surface area contributed by atoms with E-state index in [0.717, 1.165) is 11.3 Å². The standard InChI is InChI=1S/C14H12ClNO2/c1-18-12-5-2-10(3-6-12)8-13(17)11-4-7-14(15)16-9-11/h2-7,9H,8H2,1H3. The number of rotatable bonds is 4. The molecule has 0 spiro atoms. The van der Waals surface area contributed by atoms with Gasteiger partial charge >= 0.3 is 0 Å². The number of hydrogen-bond donors (Lipinski definition) is 0. The number of halogens is 1. The first-order valence-electron chi connectivity index (χ1n) is 5.47. The molecule has 0 aliphatic heterocycles. The summed E-state index contributed by atoms with van der Waals surface area (Å²) in [6.45, 7) is 0. The summed E-state index contributed by atoms with van der Waals surface area (Å²) in [4.78, 5) is 15.9. The van der Waals surface area contributed by atoms with Crippen molar-refractivity contribution in [2.75, 3.05) is 7.11 Å². The molecule has 2 rings (SSSR count). The normalized spacial score (nSPS) is 10.1. The van der Waals surface area contributed by atoms with Crippen molar-refractivity contribution in [1.82, 2.24) is 4.98 Å². The predicted molar refractivity (Wildman–Crippen MR) is 70.3 cm³/mol. The van der Waals surface area contributed by atoms with Crippen LogP contribution in [0.15, 0.2) is 42.6 Å². The summed E-state index contributed by atoms with van der Waals surface area (Å²) >= 11 is 5.67. The Bertz CT molecular complexity index is 535. The van der Waals surface area contributed by atoms with Crippen LogP contribution in [0.5, 0.6) is 5.75 Å². The Morgan fingerprint density at radius 3 is 2.50 bits per heavy atom. The van der Waals surface area contributed by atoms with Gasteiger partial charge in [0.05, 0.1) is 7.11 Å². The van der Waals surface area contributed by atoms with Gasteiger partial charge in [-0.25, -0.2) is 4.98 Å². The Labute approximate surface area is 110 Å². The van der Waals surface area contributed by atoms with Crippen LogP contribution in [-0.2, 0) is 6.42 Å². The number of hydrogen-bond acceptors (Lipinski definition) is 3. The fourth-order valence-electron chi connectivity index (χ4n) is 1.57. The molecule has 1 aromatic carbocycles. The minimum absolute atomic E-state index is 0.0179. The van der Waals surface area contributed by atoms with E-state index in [2.05, 4.69) is 4.98 Å². The molecule has 4 heteroatoms. The number of aromatic nitrogens is 1. The van der Waals surface area contributed by atoms with E-state index in [4.69, 9.17) is 16.3 Å². The van der Waals surface area contributed by atoms with E-state index in [-0.39, 0.29) is 5.78 Å². The van der Waals surface area contributed by atoms with Crippen molar-refractivity contribution in [2.45, 2.75) is 6.42 Å². The Morgan fingerprint density at radius 1 is 1.22 bits per heavy atom. The summed E-state index contributed by atoms with van der Waals surface area (Å²) in [6, 6.07) is 10.7. The lowest BCUT2D eigenvalue weighted by Gasteiger charge is -2.03. The molecule has 3 nitrogen and oxygen atoms in total. The smallest absolute Gasteiger partial charge is 0.168 e. The lowest BCUT2D eigenvalue weighted by Crippen LogP contribution is -2.03. The van der Waals surface area contributed by atoms with Crippen molar-refractivity contribution in [1.29, 1.82) is 0 Å². The maximum atomic E-state index is 12.0. The second kappa shape index (κ2) is 5.65. The number of carbonyl (C=O) groups is 1. The summed E-state index contributed by atoms with van der Waals surface area (Å²) in [6.07, 6.45) is 1.83. The maximum absolute atomic E-state index is 12.0. The van der Waals surface area contributed by atoms with Crippen molar-refractivity contribution < 1.29 is 9.53 Å². The maximum Gasteiger partial charge on any atom is 0.168 e. The molecular weight excluding hydrogens is 250 g/mol. The molecule has 0 atom stereocenters. The number of nitrogens with zero attached hydrogens (tertiary/aromatic N) is 1. The Hall–Kier alpha value is -1.87. The van der Waals surface area contributed by atoms with Crippen molar-refractivity contribution in [3.8, 4) is 5.75 Å². The average Bonchev–Trinajstić information content (AvgIpc) is 2.40. The lowest BCUT2D eigenvalue weighted by molar-refractivity contribution is 0.0992.